The number of carbonyl (C=O) groups is 1. The average molecular weight is 233 g/mol. The van der Waals surface area contributed by atoms with Crippen molar-refractivity contribution in [3.63, 3.8) is 0 Å². The van der Waals surface area contributed by atoms with E-state index in [9.17, 15) is 4.79 Å². The van der Waals surface area contributed by atoms with E-state index in [1.807, 2.05) is 13.8 Å². The number of anilines is 1. The average Bonchev–Trinajstić information content (AvgIpc) is 2.54. The Labute approximate surface area is 99.0 Å². The van der Waals surface area contributed by atoms with Crippen molar-refractivity contribution in [2.75, 3.05) is 12.8 Å². The minimum Gasteiger partial charge on any atom is -0.465 e. The highest BCUT2D eigenvalue weighted by Crippen LogP contribution is 2.30. The van der Waals surface area contributed by atoms with Crippen LogP contribution in [0.1, 0.15) is 27.3 Å². The number of carbonyl (C=O) groups excluding carboxylic acids is 1. The number of fused-ring (bicyclic) bond motifs is 1. The van der Waals surface area contributed by atoms with Crippen molar-refractivity contribution >= 4 is 22.7 Å². The minimum atomic E-state index is -0.451. The number of aromatic nitrogens is 2. The molecule has 2 heterocycles. The molecule has 0 aliphatic carbocycles. The Morgan fingerprint density at radius 3 is 2.59 bits per heavy atom. The van der Waals surface area contributed by atoms with E-state index in [1.165, 1.54) is 7.11 Å². The second-order valence-electron chi connectivity index (χ2n) is 4.08. The zero-order valence-electron chi connectivity index (χ0n) is 10.3. The molecule has 0 bridgehead atoms. The van der Waals surface area contributed by atoms with Gasteiger partial charge in [0.25, 0.3) is 0 Å². The summed E-state index contributed by atoms with van der Waals surface area (Å²) < 4.78 is 4.72. The normalized spacial score (nSPS) is 10.8. The van der Waals surface area contributed by atoms with Gasteiger partial charge < -0.3 is 15.5 Å². The SMILES string of the molecule is COC(=O)c1c(C)nc2[nH]c(C)c(C)c2c1N. The summed E-state index contributed by atoms with van der Waals surface area (Å²) in [5.74, 6) is -0.451. The fourth-order valence-electron chi connectivity index (χ4n) is 2.02. The Morgan fingerprint density at radius 1 is 1.35 bits per heavy atom. The first-order valence-electron chi connectivity index (χ1n) is 5.30. The molecule has 5 heteroatoms. The number of esters is 1. The summed E-state index contributed by atoms with van der Waals surface area (Å²) >= 11 is 0. The van der Waals surface area contributed by atoms with Gasteiger partial charge in [0.05, 0.1) is 18.5 Å². The Morgan fingerprint density at radius 2 is 2.00 bits per heavy atom. The number of rotatable bonds is 1. The summed E-state index contributed by atoms with van der Waals surface area (Å²) in [6.45, 7) is 5.64. The molecule has 5 nitrogen and oxygen atoms in total. The predicted octanol–water partition coefficient (Wildman–Crippen LogP) is 1.86. The summed E-state index contributed by atoms with van der Waals surface area (Å²) in [5.41, 5.74) is 10.1. The van der Waals surface area contributed by atoms with Crippen LogP contribution in [0, 0.1) is 20.8 Å². The fraction of sp³-hybridized carbons (Fsp3) is 0.333. The van der Waals surface area contributed by atoms with E-state index >= 15 is 0 Å². The van der Waals surface area contributed by atoms with Crippen LogP contribution in [0.5, 0.6) is 0 Å². The van der Waals surface area contributed by atoms with Gasteiger partial charge in [-0.1, -0.05) is 0 Å². The quantitative estimate of drug-likeness (QED) is 0.736. The van der Waals surface area contributed by atoms with Gasteiger partial charge in [-0.3, -0.25) is 0 Å². The lowest BCUT2D eigenvalue weighted by Gasteiger charge is -2.08. The highest BCUT2D eigenvalue weighted by Gasteiger charge is 2.20. The van der Waals surface area contributed by atoms with Gasteiger partial charge in [0.1, 0.15) is 11.2 Å². The van der Waals surface area contributed by atoms with E-state index in [1.54, 1.807) is 6.92 Å². The third-order valence-electron chi connectivity index (χ3n) is 3.05. The Kier molecular flexibility index (Phi) is 2.53. The first-order valence-corrected chi connectivity index (χ1v) is 5.30. The molecular weight excluding hydrogens is 218 g/mol. The summed E-state index contributed by atoms with van der Waals surface area (Å²) in [6.07, 6.45) is 0. The molecule has 0 atom stereocenters. The van der Waals surface area contributed by atoms with Crippen LogP contribution in [0.4, 0.5) is 5.69 Å². The lowest BCUT2D eigenvalue weighted by atomic mass is 10.1. The van der Waals surface area contributed by atoms with Crippen LogP contribution in [-0.4, -0.2) is 23.0 Å². The number of pyridine rings is 1. The van der Waals surface area contributed by atoms with Crippen LogP contribution >= 0.6 is 0 Å². The molecule has 0 fully saturated rings. The van der Waals surface area contributed by atoms with Crippen molar-refractivity contribution in [3.8, 4) is 0 Å². The number of hydrogen-bond acceptors (Lipinski definition) is 4. The number of ether oxygens (including phenoxy) is 1. The lowest BCUT2D eigenvalue weighted by Crippen LogP contribution is -2.10. The van der Waals surface area contributed by atoms with Crippen molar-refractivity contribution in [3.05, 3.63) is 22.5 Å². The minimum absolute atomic E-state index is 0.349. The molecule has 0 spiro atoms. The van der Waals surface area contributed by atoms with Gasteiger partial charge in [0.15, 0.2) is 0 Å². The summed E-state index contributed by atoms with van der Waals surface area (Å²) in [6, 6.07) is 0. The monoisotopic (exact) mass is 233 g/mol. The third kappa shape index (κ3) is 1.54. The van der Waals surface area contributed by atoms with Crippen molar-refractivity contribution in [1.82, 2.24) is 9.97 Å². The summed E-state index contributed by atoms with van der Waals surface area (Å²) in [7, 11) is 1.33. The van der Waals surface area contributed by atoms with Gasteiger partial charge >= 0.3 is 5.97 Å². The van der Waals surface area contributed by atoms with E-state index < -0.39 is 5.97 Å². The van der Waals surface area contributed by atoms with Crippen LogP contribution < -0.4 is 5.73 Å². The van der Waals surface area contributed by atoms with Crippen LogP contribution in [0.15, 0.2) is 0 Å². The molecular formula is C12H15N3O2. The Hall–Kier alpha value is -2.04. The number of nitrogen functional groups attached to an aromatic ring is 1. The number of aryl methyl sites for hydroxylation is 3. The summed E-state index contributed by atoms with van der Waals surface area (Å²) in [5, 5.41) is 0.800. The number of H-pyrrole nitrogens is 1. The maximum Gasteiger partial charge on any atom is 0.341 e. The number of methoxy groups -OCH3 is 1. The molecule has 17 heavy (non-hydrogen) atoms. The van der Waals surface area contributed by atoms with Crippen LogP contribution in [0.2, 0.25) is 0 Å². The first-order chi connectivity index (χ1) is 7.97. The van der Waals surface area contributed by atoms with E-state index in [2.05, 4.69) is 9.97 Å². The Bertz CT molecular complexity index is 614. The van der Waals surface area contributed by atoms with Crippen LogP contribution in [0.25, 0.3) is 11.0 Å². The van der Waals surface area contributed by atoms with Gasteiger partial charge in [-0.05, 0) is 26.3 Å². The zero-order chi connectivity index (χ0) is 12.7. The van der Waals surface area contributed by atoms with Crippen LogP contribution in [-0.2, 0) is 4.74 Å². The standard InChI is InChI=1S/C12H15N3O2/c1-5-6(2)14-11-8(5)10(13)9(7(3)15-11)12(16)17-4/h1-4H3,(H3,13,14,15). The topological polar surface area (TPSA) is 81.0 Å². The molecule has 0 radical (unpaired) electrons. The highest BCUT2D eigenvalue weighted by atomic mass is 16.5. The molecule has 90 valence electrons. The predicted molar refractivity (Wildman–Crippen MR) is 66.1 cm³/mol. The molecule has 0 aromatic carbocycles. The van der Waals surface area contributed by atoms with Gasteiger partial charge in [-0.2, -0.15) is 0 Å². The van der Waals surface area contributed by atoms with Crippen molar-refractivity contribution in [2.24, 2.45) is 0 Å². The fourth-order valence-corrected chi connectivity index (χ4v) is 2.02. The highest BCUT2D eigenvalue weighted by molar-refractivity contribution is 6.05. The van der Waals surface area contributed by atoms with E-state index in [-0.39, 0.29) is 0 Å². The second kappa shape index (κ2) is 3.76. The smallest absolute Gasteiger partial charge is 0.341 e. The molecule has 0 unspecified atom stereocenters. The molecule has 2 aromatic rings. The molecule has 0 aliphatic heterocycles. The molecule has 0 aliphatic rings. The maximum absolute atomic E-state index is 11.7. The third-order valence-corrected chi connectivity index (χ3v) is 3.05. The number of aromatic amines is 1. The maximum atomic E-state index is 11.7. The molecule has 2 aromatic heterocycles. The number of hydrogen-bond donors (Lipinski definition) is 2. The molecule has 0 amide bonds. The number of nitrogens with one attached hydrogen (secondary N) is 1. The van der Waals surface area contributed by atoms with Crippen molar-refractivity contribution in [2.45, 2.75) is 20.8 Å². The van der Waals surface area contributed by atoms with Crippen molar-refractivity contribution < 1.29 is 9.53 Å². The number of nitrogens with two attached hydrogens (primary N) is 1. The molecule has 0 saturated heterocycles. The van der Waals surface area contributed by atoms with Gasteiger partial charge in [-0.15, -0.1) is 0 Å². The first kappa shape index (κ1) is 11.4. The molecule has 0 saturated carbocycles. The summed E-state index contributed by atoms with van der Waals surface area (Å²) in [4.78, 5) is 19.2. The zero-order valence-corrected chi connectivity index (χ0v) is 10.3. The lowest BCUT2D eigenvalue weighted by molar-refractivity contribution is 0.0601. The Balaban J connectivity index is 2.87. The van der Waals surface area contributed by atoms with E-state index in [4.69, 9.17) is 10.5 Å². The number of nitrogens with zero attached hydrogens (tertiary/aromatic N) is 1. The van der Waals surface area contributed by atoms with E-state index in [0.29, 0.717) is 22.6 Å². The van der Waals surface area contributed by atoms with Crippen molar-refractivity contribution in [1.29, 1.82) is 0 Å². The second-order valence-corrected chi connectivity index (χ2v) is 4.08. The van der Waals surface area contributed by atoms with Gasteiger partial charge in [0, 0.05) is 11.1 Å². The van der Waals surface area contributed by atoms with Gasteiger partial charge in [0.2, 0.25) is 0 Å². The van der Waals surface area contributed by atoms with Crippen LogP contribution in [0.3, 0.4) is 0 Å². The van der Waals surface area contributed by atoms with E-state index in [0.717, 1.165) is 16.6 Å². The molecule has 2 rings (SSSR count). The molecule has 3 N–H and O–H groups in total. The largest absolute Gasteiger partial charge is 0.465 e. The van der Waals surface area contributed by atoms with Gasteiger partial charge in [-0.25, -0.2) is 9.78 Å².